The van der Waals surface area contributed by atoms with E-state index < -0.39 is 41.9 Å². The fourth-order valence-electron chi connectivity index (χ4n) is 7.48. The van der Waals surface area contributed by atoms with Gasteiger partial charge in [-0.3, -0.25) is 19.5 Å². The van der Waals surface area contributed by atoms with E-state index in [1.165, 1.54) is 24.3 Å². The third kappa shape index (κ3) is 4.79. The van der Waals surface area contributed by atoms with Gasteiger partial charge in [0.05, 0.1) is 52.8 Å². The van der Waals surface area contributed by atoms with Gasteiger partial charge >= 0.3 is 0 Å². The highest BCUT2D eigenvalue weighted by Crippen LogP contribution is 2.47. The molecule has 3 unspecified atom stereocenters. The summed E-state index contributed by atoms with van der Waals surface area (Å²) < 4.78 is 51.6. The van der Waals surface area contributed by atoms with Crippen LogP contribution >= 0.6 is 0 Å². The second-order valence-electron chi connectivity index (χ2n) is 12.7. The van der Waals surface area contributed by atoms with Crippen molar-refractivity contribution in [3.63, 3.8) is 0 Å². The standard InChI is InChI=1S/C40H29F2N3O5/c1-21-16-30(48-19-22-8-4-2-5-9-22)37(49-20-23-10-6-3-7-11-23)40(50-21)45-29-15-13-25(42)18-27(29)32-34-33(38(46)44-39(34)47)31-26-17-24(41)12-14-28(26)43-35(31)36(32)45/h2-15,17-18,30,37,40,43H,1,16,19-20H2,(H,44,46,47). The fraction of sp³-hybridized carbons (Fsp3) is 0.150. The summed E-state index contributed by atoms with van der Waals surface area (Å²) in [6.45, 7) is 4.75. The SMILES string of the molecule is C=C1CC(OCc2ccccc2)C(OCc2ccccc2)C(n2c3ccc(F)cc3c3c4c(c5c6cc(F)ccc6[nH]c5c32)C(=O)NC4=O)O1. The molecule has 0 saturated carbocycles. The summed E-state index contributed by atoms with van der Waals surface area (Å²) in [6, 6.07) is 28.1. The molecule has 2 N–H and O–H groups in total. The van der Waals surface area contributed by atoms with Crippen LogP contribution in [0.1, 0.15) is 44.5 Å². The first kappa shape index (κ1) is 30.2. The molecule has 4 heterocycles. The Balaban J connectivity index is 1.32. The molecule has 0 bridgehead atoms. The van der Waals surface area contributed by atoms with E-state index in [9.17, 15) is 14.0 Å². The van der Waals surface area contributed by atoms with Gasteiger partial charge in [-0.15, -0.1) is 0 Å². The van der Waals surface area contributed by atoms with E-state index >= 15 is 4.39 Å². The van der Waals surface area contributed by atoms with Gasteiger partial charge in [-0.2, -0.15) is 0 Å². The van der Waals surface area contributed by atoms with Crippen LogP contribution in [0.5, 0.6) is 0 Å². The Morgan fingerprint density at radius 2 is 1.40 bits per heavy atom. The van der Waals surface area contributed by atoms with Crippen LogP contribution in [0.15, 0.2) is 109 Å². The number of nitrogens with one attached hydrogen (secondary N) is 2. The summed E-state index contributed by atoms with van der Waals surface area (Å²) in [5.41, 5.74) is 4.13. The number of aromatic amines is 1. The Morgan fingerprint density at radius 1 is 0.780 bits per heavy atom. The van der Waals surface area contributed by atoms with Crippen LogP contribution in [0.25, 0.3) is 43.6 Å². The number of carbonyl (C=O) groups is 2. The monoisotopic (exact) mass is 669 g/mol. The van der Waals surface area contributed by atoms with Crippen LogP contribution < -0.4 is 5.32 Å². The summed E-state index contributed by atoms with van der Waals surface area (Å²) >= 11 is 0. The van der Waals surface area contributed by atoms with Crippen molar-refractivity contribution in [2.75, 3.05) is 0 Å². The lowest BCUT2D eigenvalue weighted by Crippen LogP contribution is -2.44. The van der Waals surface area contributed by atoms with Crippen molar-refractivity contribution >= 4 is 55.4 Å². The maximum Gasteiger partial charge on any atom is 0.259 e. The number of nitrogens with zero attached hydrogens (tertiary/aromatic N) is 1. The van der Waals surface area contributed by atoms with E-state index in [1.54, 1.807) is 12.1 Å². The molecule has 2 aromatic heterocycles. The minimum Gasteiger partial charge on any atom is -0.472 e. The Labute approximate surface area is 283 Å². The summed E-state index contributed by atoms with van der Waals surface area (Å²) in [5.74, 6) is -1.81. The molecule has 2 aliphatic rings. The number of imide groups is 1. The van der Waals surface area contributed by atoms with E-state index in [2.05, 4.69) is 16.9 Å². The lowest BCUT2D eigenvalue weighted by atomic mass is 9.96. The van der Waals surface area contributed by atoms with Crippen LogP contribution in [0.4, 0.5) is 8.78 Å². The van der Waals surface area contributed by atoms with Gasteiger partial charge in [0.25, 0.3) is 11.8 Å². The molecule has 8 nitrogen and oxygen atoms in total. The molecule has 0 radical (unpaired) electrons. The minimum atomic E-state index is -0.921. The van der Waals surface area contributed by atoms with Crippen LogP contribution in [0.2, 0.25) is 0 Å². The molecular formula is C40H29F2N3O5. The second-order valence-corrected chi connectivity index (χ2v) is 12.7. The number of ether oxygens (including phenoxy) is 3. The van der Waals surface area contributed by atoms with E-state index in [4.69, 9.17) is 14.2 Å². The maximum atomic E-state index is 15.1. The number of halogens is 2. The molecule has 3 atom stereocenters. The van der Waals surface area contributed by atoms with Crippen molar-refractivity contribution in [3.05, 3.63) is 143 Å². The maximum absolute atomic E-state index is 15.1. The van der Waals surface area contributed by atoms with Crippen molar-refractivity contribution in [2.45, 2.75) is 38.1 Å². The molecule has 2 aliphatic heterocycles. The van der Waals surface area contributed by atoms with E-state index in [0.29, 0.717) is 62.4 Å². The topological polar surface area (TPSA) is 94.6 Å². The second kappa shape index (κ2) is 11.6. The molecule has 0 spiro atoms. The van der Waals surface area contributed by atoms with Crippen LogP contribution in [-0.4, -0.2) is 33.6 Å². The number of rotatable bonds is 7. The quantitative estimate of drug-likeness (QED) is 0.167. The molecule has 0 aliphatic carbocycles. The first-order chi connectivity index (χ1) is 24.4. The molecule has 5 aromatic carbocycles. The predicted molar refractivity (Wildman–Crippen MR) is 184 cm³/mol. The zero-order valence-electron chi connectivity index (χ0n) is 26.5. The average molecular weight is 670 g/mol. The largest absolute Gasteiger partial charge is 0.472 e. The first-order valence-electron chi connectivity index (χ1n) is 16.3. The molecule has 248 valence electrons. The van der Waals surface area contributed by atoms with Crippen molar-refractivity contribution in [2.24, 2.45) is 0 Å². The summed E-state index contributed by atoms with van der Waals surface area (Å²) in [6.07, 6.45) is -1.82. The van der Waals surface area contributed by atoms with E-state index in [1.807, 2.05) is 65.2 Å². The number of aromatic nitrogens is 2. The van der Waals surface area contributed by atoms with Crippen molar-refractivity contribution < 1.29 is 32.6 Å². The summed E-state index contributed by atoms with van der Waals surface area (Å²) in [7, 11) is 0. The van der Waals surface area contributed by atoms with Crippen molar-refractivity contribution in [1.29, 1.82) is 0 Å². The Hall–Kier alpha value is -5.84. The number of hydrogen-bond donors (Lipinski definition) is 2. The zero-order valence-corrected chi connectivity index (χ0v) is 26.5. The van der Waals surface area contributed by atoms with Crippen LogP contribution in [-0.2, 0) is 27.4 Å². The molecule has 2 amide bonds. The Morgan fingerprint density at radius 3 is 2.10 bits per heavy atom. The number of H-pyrrole nitrogens is 1. The number of hydrogen-bond acceptors (Lipinski definition) is 5. The summed E-state index contributed by atoms with van der Waals surface area (Å²) in [5, 5.41) is 3.99. The lowest BCUT2D eigenvalue weighted by molar-refractivity contribution is -0.184. The molecule has 9 rings (SSSR count). The average Bonchev–Trinajstić information content (AvgIpc) is 3.75. The molecule has 7 aromatic rings. The van der Waals surface area contributed by atoms with E-state index in [0.717, 1.165) is 11.1 Å². The van der Waals surface area contributed by atoms with Gasteiger partial charge in [-0.05, 0) is 47.5 Å². The Bertz CT molecular complexity index is 2530. The number of amides is 2. The van der Waals surface area contributed by atoms with E-state index in [-0.39, 0.29) is 17.7 Å². The van der Waals surface area contributed by atoms with Gasteiger partial charge < -0.3 is 19.2 Å². The fourth-order valence-corrected chi connectivity index (χ4v) is 7.48. The Kier molecular flexibility index (Phi) is 7.04. The smallest absolute Gasteiger partial charge is 0.259 e. The normalized spacial score (nSPS) is 19.1. The third-order valence-corrected chi connectivity index (χ3v) is 9.60. The van der Waals surface area contributed by atoms with Crippen LogP contribution in [0.3, 0.4) is 0 Å². The third-order valence-electron chi connectivity index (χ3n) is 9.60. The van der Waals surface area contributed by atoms with Crippen LogP contribution in [0, 0.1) is 11.6 Å². The molecule has 10 heteroatoms. The number of carbonyl (C=O) groups excluding carboxylic acids is 2. The highest BCUT2D eigenvalue weighted by atomic mass is 19.1. The molecule has 50 heavy (non-hydrogen) atoms. The van der Waals surface area contributed by atoms with Crippen molar-refractivity contribution in [1.82, 2.24) is 14.9 Å². The van der Waals surface area contributed by atoms with Gasteiger partial charge in [0.1, 0.15) is 17.7 Å². The van der Waals surface area contributed by atoms with Crippen molar-refractivity contribution in [3.8, 4) is 0 Å². The number of benzene rings is 5. The zero-order chi connectivity index (χ0) is 34.1. The molecule has 1 saturated heterocycles. The predicted octanol–water partition coefficient (Wildman–Crippen LogP) is 8.19. The van der Waals surface area contributed by atoms with Gasteiger partial charge in [0, 0.05) is 33.5 Å². The lowest BCUT2D eigenvalue weighted by Gasteiger charge is -2.40. The van der Waals surface area contributed by atoms with Gasteiger partial charge in [0.15, 0.2) is 0 Å². The minimum absolute atomic E-state index is 0.0882. The van der Waals surface area contributed by atoms with Gasteiger partial charge in [-0.1, -0.05) is 67.2 Å². The highest BCUT2D eigenvalue weighted by Gasteiger charge is 2.43. The molecule has 1 fully saturated rings. The number of fused-ring (bicyclic) bond motifs is 10. The summed E-state index contributed by atoms with van der Waals surface area (Å²) in [4.78, 5) is 30.4. The first-order valence-corrected chi connectivity index (χ1v) is 16.3. The van der Waals surface area contributed by atoms with Gasteiger partial charge in [-0.25, -0.2) is 8.78 Å². The molecular weight excluding hydrogens is 640 g/mol. The highest BCUT2D eigenvalue weighted by molar-refractivity contribution is 6.39. The van der Waals surface area contributed by atoms with Gasteiger partial charge in [0.2, 0.25) is 6.23 Å².